The van der Waals surface area contributed by atoms with Crippen molar-refractivity contribution in [1.82, 2.24) is 20.3 Å². The molecule has 33 heavy (non-hydrogen) atoms. The van der Waals surface area contributed by atoms with Gasteiger partial charge in [0.1, 0.15) is 11.9 Å². The predicted molar refractivity (Wildman–Crippen MR) is 114 cm³/mol. The second kappa shape index (κ2) is 9.24. The molecule has 10 heteroatoms. The molecule has 0 spiro atoms. The first-order valence-electron chi connectivity index (χ1n) is 10.3. The van der Waals surface area contributed by atoms with Gasteiger partial charge in [0.25, 0.3) is 0 Å². The summed E-state index contributed by atoms with van der Waals surface area (Å²) in [4.78, 5) is 25.5. The molecule has 1 fully saturated rings. The SMILES string of the molecule is N#Cc1ccc(CCNC(=O)C2CCN2c2cc(-c3cccnc3)nc(C(F)(F)F)n2)cc1. The summed E-state index contributed by atoms with van der Waals surface area (Å²) in [7, 11) is 0. The summed E-state index contributed by atoms with van der Waals surface area (Å²) in [6, 6.07) is 13.2. The van der Waals surface area contributed by atoms with Crippen molar-refractivity contribution in [1.29, 1.82) is 5.26 Å². The van der Waals surface area contributed by atoms with Gasteiger partial charge in [-0.15, -0.1) is 0 Å². The maximum absolute atomic E-state index is 13.4. The summed E-state index contributed by atoms with van der Waals surface area (Å²) in [6.07, 6.45) is -0.701. The lowest BCUT2D eigenvalue weighted by Gasteiger charge is -2.40. The van der Waals surface area contributed by atoms with Crippen LogP contribution in [0.5, 0.6) is 0 Å². The molecule has 1 saturated heterocycles. The standard InChI is InChI=1S/C23H19F3N6O/c24-23(25,26)22-30-18(17-2-1-9-28-14-17)12-20(31-22)32-11-8-19(32)21(33)29-10-7-15-3-5-16(13-27)6-4-15/h1-6,9,12,14,19H,7-8,10-11H2,(H,29,33). The fraction of sp³-hybridized carbons (Fsp3) is 0.261. The summed E-state index contributed by atoms with van der Waals surface area (Å²) in [5.74, 6) is -1.48. The first-order chi connectivity index (χ1) is 15.8. The minimum absolute atomic E-state index is 0.0506. The van der Waals surface area contributed by atoms with Crippen LogP contribution in [0.3, 0.4) is 0 Å². The largest absolute Gasteiger partial charge is 0.451 e. The Morgan fingerprint density at radius 3 is 2.61 bits per heavy atom. The molecule has 1 aliphatic rings. The molecule has 0 saturated carbocycles. The fourth-order valence-electron chi connectivity index (χ4n) is 3.50. The summed E-state index contributed by atoms with van der Waals surface area (Å²) >= 11 is 0. The number of nitrogens with zero attached hydrogens (tertiary/aromatic N) is 5. The number of pyridine rings is 1. The highest BCUT2D eigenvalue weighted by molar-refractivity contribution is 5.86. The Bertz CT molecular complexity index is 1180. The average molecular weight is 452 g/mol. The number of alkyl halides is 3. The Morgan fingerprint density at radius 2 is 2.00 bits per heavy atom. The number of anilines is 1. The van der Waals surface area contributed by atoms with Crippen LogP contribution in [0.15, 0.2) is 54.9 Å². The zero-order valence-electron chi connectivity index (χ0n) is 17.4. The second-order valence-electron chi connectivity index (χ2n) is 7.52. The highest BCUT2D eigenvalue weighted by atomic mass is 19.4. The van der Waals surface area contributed by atoms with Crippen LogP contribution in [0.2, 0.25) is 0 Å². The third-order valence-electron chi connectivity index (χ3n) is 5.34. The molecule has 3 heterocycles. The number of hydrogen-bond donors (Lipinski definition) is 1. The van der Waals surface area contributed by atoms with E-state index in [0.717, 1.165) is 5.56 Å². The molecule has 1 N–H and O–H groups in total. The van der Waals surface area contributed by atoms with E-state index in [2.05, 4.69) is 20.3 Å². The van der Waals surface area contributed by atoms with Gasteiger partial charge in [-0.05, 0) is 42.7 Å². The zero-order valence-corrected chi connectivity index (χ0v) is 17.4. The van der Waals surface area contributed by atoms with Crippen molar-refractivity contribution >= 4 is 11.7 Å². The van der Waals surface area contributed by atoms with Crippen LogP contribution in [-0.4, -0.2) is 40.0 Å². The number of amides is 1. The van der Waals surface area contributed by atoms with Crippen molar-refractivity contribution in [3.63, 3.8) is 0 Å². The summed E-state index contributed by atoms with van der Waals surface area (Å²) < 4.78 is 40.3. The number of rotatable bonds is 6. The Labute approximate surface area is 187 Å². The van der Waals surface area contributed by atoms with Gasteiger partial charge < -0.3 is 10.2 Å². The highest BCUT2D eigenvalue weighted by Crippen LogP contribution is 2.33. The van der Waals surface area contributed by atoms with Gasteiger partial charge in [0.15, 0.2) is 0 Å². The number of benzene rings is 1. The molecule has 0 aliphatic carbocycles. The number of halogens is 3. The van der Waals surface area contributed by atoms with Crippen LogP contribution < -0.4 is 10.2 Å². The number of carbonyl (C=O) groups is 1. The van der Waals surface area contributed by atoms with Crippen LogP contribution in [0.25, 0.3) is 11.3 Å². The Balaban J connectivity index is 1.47. The predicted octanol–water partition coefficient (Wildman–Crippen LogP) is 3.37. The first kappa shape index (κ1) is 22.2. The smallest absolute Gasteiger partial charge is 0.354 e. The quantitative estimate of drug-likeness (QED) is 0.616. The van der Waals surface area contributed by atoms with E-state index in [1.807, 2.05) is 18.2 Å². The van der Waals surface area contributed by atoms with Crippen LogP contribution in [0.4, 0.5) is 19.0 Å². The number of nitriles is 1. The normalized spacial score (nSPS) is 15.5. The molecule has 1 aliphatic heterocycles. The topological polar surface area (TPSA) is 94.8 Å². The fourth-order valence-corrected chi connectivity index (χ4v) is 3.50. The third kappa shape index (κ3) is 5.09. The molecule has 0 bridgehead atoms. The molecular weight excluding hydrogens is 433 g/mol. The van der Waals surface area contributed by atoms with Gasteiger partial charge >= 0.3 is 6.18 Å². The second-order valence-corrected chi connectivity index (χ2v) is 7.52. The monoisotopic (exact) mass is 452 g/mol. The van der Waals surface area contributed by atoms with Crippen LogP contribution >= 0.6 is 0 Å². The van der Waals surface area contributed by atoms with Crippen LogP contribution in [0.1, 0.15) is 23.4 Å². The van der Waals surface area contributed by atoms with Crippen molar-refractivity contribution in [2.24, 2.45) is 0 Å². The Hall–Kier alpha value is -4.00. The molecule has 7 nitrogen and oxygen atoms in total. The molecule has 1 aromatic carbocycles. The molecule has 168 valence electrons. The summed E-state index contributed by atoms with van der Waals surface area (Å²) in [6.45, 7) is 0.780. The summed E-state index contributed by atoms with van der Waals surface area (Å²) in [5, 5.41) is 11.7. The van der Waals surface area contributed by atoms with E-state index in [9.17, 15) is 18.0 Å². The van der Waals surface area contributed by atoms with Crippen LogP contribution in [-0.2, 0) is 17.4 Å². The van der Waals surface area contributed by atoms with Gasteiger partial charge in [-0.3, -0.25) is 9.78 Å². The van der Waals surface area contributed by atoms with Crippen molar-refractivity contribution < 1.29 is 18.0 Å². The molecule has 1 unspecified atom stereocenters. The van der Waals surface area contributed by atoms with Gasteiger partial charge in [0.05, 0.1) is 17.3 Å². The van der Waals surface area contributed by atoms with E-state index >= 15 is 0 Å². The van der Waals surface area contributed by atoms with Gasteiger partial charge in [0, 0.05) is 37.1 Å². The molecule has 0 radical (unpaired) electrons. The van der Waals surface area contributed by atoms with Crippen LogP contribution in [0, 0.1) is 11.3 Å². The first-order valence-corrected chi connectivity index (χ1v) is 10.3. The zero-order chi connectivity index (χ0) is 23.4. The highest BCUT2D eigenvalue weighted by Gasteiger charge is 2.39. The van der Waals surface area contributed by atoms with Gasteiger partial charge in [0.2, 0.25) is 11.7 Å². The van der Waals surface area contributed by atoms with Gasteiger partial charge in [-0.2, -0.15) is 18.4 Å². The summed E-state index contributed by atoms with van der Waals surface area (Å²) in [5.41, 5.74) is 2.04. The van der Waals surface area contributed by atoms with Crippen molar-refractivity contribution in [3.8, 4) is 17.3 Å². The molecule has 1 atom stereocenters. The van der Waals surface area contributed by atoms with Gasteiger partial charge in [-0.25, -0.2) is 9.97 Å². The lowest BCUT2D eigenvalue weighted by atomic mass is 10.0. The van der Waals surface area contributed by atoms with E-state index in [-0.39, 0.29) is 17.4 Å². The molecule has 2 aromatic heterocycles. The Morgan fingerprint density at radius 1 is 1.21 bits per heavy atom. The van der Waals surface area contributed by atoms with E-state index in [4.69, 9.17) is 5.26 Å². The maximum atomic E-state index is 13.4. The lowest BCUT2D eigenvalue weighted by Crippen LogP contribution is -2.57. The molecular formula is C23H19F3N6O. The van der Waals surface area contributed by atoms with E-state index in [1.165, 1.54) is 18.5 Å². The third-order valence-corrected chi connectivity index (χ3v) is 5.34. The van der Waals surface area contributed by atoms with Crippen molar-refractivity contribution in [2.75, 3.05) is 18.0 Å². The number of aromatic nitrogens is 3. The van der Waals surface area contributed by atoms with E-state index in [0.29, 0.717) is 37.1 Å². The average Bonchev–Trinajstić information content (AvgIpc) is 2.78. The minimum Gasteiger partial charge on any atom is -0.354 e. The molecule has 1 amide bonds. The lowest BCUT2D eigenvalue weighted by molar-refractivity contribution is -0.144. The van der Waals surface area contributed by atoms with Gasteiger partial charge in [-0.1, -0.05) is 12.1 Å². The molecule has 4 rings (SSSR count). The number of carbonyl (C=O) groups excluding carboxylic acids is 1. The Kier molecular flexibility index (Phi) is 6.22. The maximum Gasteiger partial charge on any atom is 0.451 e. The van der Waals surface area contributed by atoms with E-state index < -0.39 is 18.0 Å². The number of nitrogens with one attached hydrogen (secondary N) is 1. The van der Waals surface area contributed by atoms with Crippen molar-refractivity contribution in [2.45, 2.75) is 25.1 Å². The van der Waals surface area contributed by atoms with Crippen molar-refractivity contribution in [3.05, 3.63) is 71.8 Å². The number of hydrogen-bond acceptors (Lipinski definition) is 6. The van der Waals surface area contributed by atoms with E-state index in [1.54, 1.807) is 29.2 Å². The minimum atomic E-state index is -4.73. The molecule has 3 aromatic rings.